The van der Waals surface area contributed by atoms with Crippen molar-refractivity contribution >= 4 is 12.1 Å². The second-order valence-electron chi connectivity index (χ2n) is 11.0. The van der Waals surface area contributed by atoms with Gasteiger partial charge in [0.15, 0.2) is 0 Å². The van der Waals surface area contributed by atoms with E-state index < -0.39 is 18.1 Å². The Kier molecular flexibility index (Phi) is 26.8. The van der Waals surface area contributed by atoms with Crippen molar-refractivity contribution in [2.24, 2.45) is 0 Å². The van der Waals surface area contributed by atoms with Gasteiger partial charge >= 0.3 is 12.1 Å². The number of carbonyl (C=O) groups is 2. The first-order chi connectivity index (χ1) is 18.0. The van der Waals surface area contributed by atoms with Gasteiger partial charge in [-0.15, -0.1) is 0 Å². The maximum absolute atomic E-state index is 12.0. The van der Waals surface area contributed by atoms with Crippen LogP contribution in [0.15, 0.2) is 0 Å². The topological polar surface area (TPSA) is 87.7 Å². The van der Waals surface area contributed by atoms with Gasteiger partial charge < -0.3 is 20.5 Å². The Morgan fingerprint density at radius 2 is 1.11 bits per heavy atom. The van der Waals surface area contributed by atoms with Gasteiger partial charge in [-0.1, -0.05) is 123 Å². The number of rotatable bonds is 28. The van der Waals surface area contributed by atoms with E-state index >= 15 is 0 Å². The van der Waals surface area contributed by atoms with Crippen molar-refractivity contribution in [3.05, 3.63) is 0 Å². The van der Waals surface area contributed by atoms with Crippen LogP contribution in [0.3, 0.4) is 0 Å². The highest BCUT2D eigenvalue weighted by Crippen LogP contribution is 2.12. The molecule has 0 aliphatic carbocycles. The van der Waals surface area contributed by atoms with Gasteiger partial charge in [0.25, 0.3) is 0 Å². The third-order valence-corrected chi connectivity index (χ3v) is 7.22. The van der Waals surface area contributed by atoms with E-state index in [0.29, 0.717) is 19.1 Å². The van der Waals surface area contributed by atoms with Crippen LogP contribution >= 0.6 is 0 Å². The van der Waals surface area contributed by atoms with Crippen molar-refractivity contribution in [2.45, 2.75) is 174 Å². The van der Waals surface area contributed by atoms with Crippen LogP contribution in [-0.4, -0.2) is 42.4 Å². The van der Waals surface area contributed by atoms with Gasteiger partial charge in [0.05, 0.1) is 6.61 Å². The van der Waals surface area contributed by atoms with Crippen molar-refractivity contribution in [2.75, 3.05) is 13.2 Å². The largest absolute Gasteiger partial charge is 0.480 e. The Morgan fingerprint density at radius 1 is 0.649 bits per heavy atom. The zero-order valence-electron chi connectivity index (χ0n) is 24.8. The minimum atomic E-state index is -0.994. The summed E-state index contributed by atoms with van der Waals surface area (Å²) in [6.07, 6.45) is 25.7. The minimum absolute atomic E-state index is 0.357. The summed E-state index contributed by atoms with van der Waals surface area (Å²) in [5, 5.41) is 15.5. The molecular formula is C31H62N2O4. The maximum Gasteiger partial charge on any atom is 0.407 e. The fourth-order valence-electron chi connectivity index (χ4n) is 4.70. The first kappa shape index (κ1) is 35.7. The van der Waals surface area contributed by atoms with Crippen LogP contribution in [0.4, 0.5) is 4.79 Å². The summed E-state index contributed by atoms with van der Waals surface area (Å²) < 4.78 is 5.22. The van der Waals surface area contributed by atoms with Crippen LogP contribution in [0, 0.1) is 0 Å². The molecule has 6 heteroatoms. The molecule has 1 unspecified atom stereocenters. The number of ether oxygens (including phenoxy) is 1. The normalized spacial score (nSPS) is 12.8. The van der Waals surface area contributed by atoms with Gasteiger partial charge in [-0.3, -0.25) is 0 Å². The van der Waals surface area contributed by atoms with Crippen molar-refractivity contribution in [1.82, 2.24) is 10.6 Å². The highest BCUT2D eigenvalue weighted by atomic mass is 16.5. The Hall–Kier alpha value is -1.30. The monoisotopic (exact) mass is 526 g/mol. The van der Waals surface area contributed by atoms with Crippen molar-refractivity contribution < 1.29 is 19.4 Å². The van der Waals surface area contributed by atoms with E-state index in [-0.39, 0.29) is 0 Å². The van der Waals surface area contributed by atoms with Crippen LogP contribution in [0.25, 0.3) is 0 Å². The quantitative estimate of drug-likeness (QED) is 0.0887. The summed E-state index contributed by atoms with van der Waals surface area (Å²) in [4.78, 5) is 23.5. The van der Waals surface area contributed by atoms with Gasteiger partial charge in [0.2, 0.25) is 0 Å². The lowest BCUT2D eigenvalue weighted by molar-refractivity contribution is -0.139. The first-order valence-electron chi connectivity index (χ1n) is 15.9. The fraction of sp³-hybridized carbons (Fsp3) is 0.935. The molecule has 0 aromatic carbocycles. The van der Waals surface area contributed by atoms with Crippen LogP contribution < -0.4 is 10.6 Å². The number of nitrogens with one attached hydrogen (secondary N) is 2. The van der Waals surface area contributed by atoms with Crippen molar-refractivity contribution in [3.8, 4) is 0 Å². The van der Waals surface area contributed by atoms with E-state index in [1.807, 2.05) is 0 Å². The SMILES string of the molecule is CCCCCCCCCCCCCCOC(=O)N[C@@H](CCCCNC(C)CCCCCCCC)C(=O)O. The highest BCUT2D eigenvalue weighted by molar-refractivity contribution is 5.79. The van der Waals surface area contributed by atoms with E-state index in [4.69, 9.17) is 4.74 Å². The molecular weight excluding hydrogens is 464 g/mol. The summed E-state index contributed by atoms with van der Waals surface area (Å²) in [6.45, 7) is 7.96. The predicted molar refractivity (Wildman–Crippen MR) is 156 cm³/mol. The summed E-state index contributed by atoms with van der Waals surface area (Å²) in [6, 6.07) is -0.384. The molecule has 6 nitrogen and oxygen atoms in total. The number of unbranched alkanes of at least 4 members (excludes halogenated alkanes) is 17. The number of hydrogen-bond donors (Lipinski definition) is 3. The molecule has 0 saturated heterocycles. The number of carboxylic acid groups (broad SMARTS) is 1. The number of alkyl carbamates (subject to hydrolysis) is 1. The fourth-order valence-corrected chi connectivity index (χ4v) is 4.70. The molecule has 0 rings (SSSR count). The van der Waals surface area contributed by atoms with Gasteiger partial charge in [-0.05, 0) is 45.6 Å². The molecule has 220 valence electrons. The predicted octanol–water partition coefficient (Wildman–Crippen LogP) is 8.77. The lowest BCUT2D eigenvalue weighted by Gasteiger charge is -2.16. The summed E-state index contributed by atoms with van der Waals surface area (Å²) in [5.74, 6) is -0.994. The van der Waals surface area contributed by atoms with Gasteiger partial charge in [0.1, 0.15) is 6.04 Å². The Bertz CT molecular complexity index is 515. The summed E-state index contributed by atoms with van der Waals surface area (Å²) in [5.41, 5.74) is 0. The summed E-state index contributed by atoms with van der Waals surface area (Å²) in [7, 11) is 0. The average Bonchev–Trinajstić information content (AvgIpc) is 2.87. The van der Waals surface area contributed by atoms with E-state index in [1.165, 1.54) is 109 Å². The number of aliphatic carboxylic acids is 1. The van der Waals surface area contributed by atoms with Gasteiger partial charge in [0, 0.05) is 6.04 Å². The number of carboxylic acids is 1. The van der Waals surface area contributed by atoms with E-state index in [2.05, 4.69) is 31.4 Å². The Morgan fingerprint density at radius 3 is 1.62 bits per heavy atom. The molecule has 1 amide bonds. The lowest BCUT2D eigenvalue weighted by atomic mass is 10.1. The van der Waals surface area contributed by atoms with Gasteiger partial charge in [-0.25, -0.2) is 9.59 Å². The minimum Gasteiger partial charge on any atom is -0.480 e. The third kappa shape index (κ3) is 26.1. The molecule has 0 spiro atoms. The zero-order chi connectivity index (χ0) is 27.4. The Balaban J connectivity index is 3.66. The molecule has 0 aliphatic heterocycles. The maximum atomic E-state index is 12.0. The molecule has 0 fully saturated rings. The summed E-state index contributed by atoms with van der Waals surface area (Å²) >= 11 is 0. The molecule has 37 heavy (non-hydrogen) atoms. The van der Waals surface area contributed by atoms with E-state index in [1.54, 1.807) is 0 Å². The van der Waals surface area contributed by atoms with E-state index in [0.717, 1.165) is 32.2 Å². The first-order valence-corrected chi connectivity index (χ1v) is 15.9. The lowest BCUT2D eigenvalue weighted by Crippen LogP contribution is -2.41. The van der Waals surface area contributed by atoms with Gasteiger partial charge in [-0.2, -0.15) is 0 Å². The van der Waals surface area contributed by atoms with Crippen LogP contribution in [0.1, 0.15) is 162 Å². The number of hydrogen-bond acceptors (Lipinski definition) is 4. The molecule has 2 atom stereocenters. The smallest absolute Gasteiger partial charge is 0.407 e. The second-order valence-corrected chi connectivity index (χ2v) is 11.0. The van der Waals surface area contributed by atoms with E-state index in [9.17, 15) is 14.7 Å². The number of carbonyl (C=O) groups excluding carboxylic acids is 1. The Labute approximate surface area is 229 Å². The molecule has 0 bridgehead atoms. The molecule has 0 aromatic heterocycles. The number of amides is 1. The van der Waals surface area contributed by atoms with Crippen molar-refractivity contribution in [1.29, 1.82) is 0 Å². The third-order valence-electron chi connectivity index (χ3n) is 7.22. The molecule has 0 saturated carbocycles. The molecule has 0 aromatic rings. The second kappa shape index (κ2) is 27.7. The standard InChI is InChI=1S/C31H62N2O4/c1-4-6-8-10-12-13-14-15-16-17-19-23-27-37-31(36)33-29(30(34)35)25-21-22-26-32-28(3)24-20-18-11-9-7-5-2/h28-29,32H,4-27H2,1-3H3,(H,33,36)(H,34,35)/t28?,29-/m0/s1. The molecule has 0 radical (unpaired) electrons. The molecule has 0 heterocycles. The molecule has 0 aliphatic rings. The van der Waals surface area contributed by atoms with Crippen LogP contribution in [0.5, 0.6) is 0 Å². The zero-order valence-corrected chi connectivity index (χ0v) is 24.8. The van der Waals surface area contributed by atoms with Crippen LogP contribution in [-0.2, 0) is 9.53 Å². The van der Waals surface area contributed by atoms with Crippen LogP contribution in [0.2, 0.25) is 0 Å². The molecule has 3 N–H and O–H groups in total. The average molecular weight is 527 g/mol. The van der Waals surface area contributed by atoms with Crippen molar-refractivity contribution in [3.63, 3.8) is 0 Å². The highest BCUT2D eigenvalue weighted by Gasteiger charge is 2.20.